The van der Waals surface area contributed by atoms with Gasteiger partial charge in [0.05, 0.1) is 11.2 Å². The second-order valence-corrected chi connectivity index (χ2v) is 11.2. The van der Waals surface area contributed by atoms with Gasteiger partial charge in [0.1, 0.15) is 5.60 Å². The molecule has 0 radical (unpaired) electrons. The SMILES string of the molecule is CC(C)(C)OC(=O)N1CCC(CB2OC(C)(C)C(C)(C)O2)(C2CCCCC2)C1. The van der Waals surface area contributed by atoms with Crippen LogP contribution < -0.4 is 0 Å². The fourth-order valence-electron chi connectivity index (χ4n) is 5.14. The third kappa shape index (κ3) is 4.53. The predicted octanol–water partition coefficient (Wildman–Crippen LogP) is 5.29. The van der Waals surface area contributed by atoms with Crippen molar-refractivity contribution < 1.29 is 18.8 Å². The van der Waals surface area contributed by atoms with E-state index in [0.29, 0.717) is 5.92 Å². The van der Waals surface area contributed by atoms with Gasteiger partial charge in [-0.25, -0.2) is 4.79 Å². The molecule has 1 aliphatic carbocycles. The van der Waals surface area contributed by atoms with Gasteiger partial charge >= 0.3 is 13.2 Å². The smallest absolute Gasteiger partial charge is 0.444 e. The van der Waals surface area contributed by atoms with Crippen molar-refractivity contribution in [2.45, 2.75) is 110 Å². The van der Waals surface area contributed by atoms with E-state index >= 15 is 0 Å². The maximum absolute atomic E-state index is 12.7. The summed E-state index contributed by atoms with van der Waals surface area (Å²) in [5.74, 6) is 0.632. The molecule has 2 saturated heterocycles. The Morgan fingerprint density at radius 2 is 1.64 bits per heavy atom. The van der Waals surface area contributed by atoms with E-state index in [-0.39, 0.29) is 29.8 Å². The molecule has 0 N–H and O–H groups in total. The topological polar surface area (TPSA) is 48.0 Å². The molecule has 28 heavy (non-hydrogen) atoms. The first kappa shape index (κ1) is 22.0. The quantitative estimate of drug-likeness (QED) is 0.612. The van der Waals surface area contributed by atoms with Gasteiger partial charge in [-0.2, -0.15) is 0 Å². The highest BCUT2D eigenvalue weighted by molar-refractivity contribution is 6.45. The summed E-state index contributed by atoms with van der Waals surface area (Å²) >= 11 is 0. The van der Waals surface area contributed by atoms with E-state index in [9.17, 15) is 4.79 Å². The highest BCUT2D eigenvalue weighted by atomic mass is 16.7. The molecule has 1 atom stereocenters. The highest BCUT2D eigenvalue weighted by Crippen LogP contribution is 2.51. The molecule has 3 aliphatic rings. The van der Waals surface area contributed by atoms with Crippen LogP contribution in [0.1, 0.15) is 87.0 Å². The Hall–Kier alpha value is -0.745. The van der Waals surface area contributed by atoms with Crippen LogP contribution in [0.2, 0.25) is 6.32 Å². The first-order valence-corrected chi connectivity index (χ1v) is 11.2. The van der Waals surface area contributed by atoms with Gasteiger partial charge in [0, 0.05) is 13.1 Å². The van der Waals surface area contributed by atoms with Crippen molar-refractivity contribution in [3.05, 3.63) is 0 Å². The molecule has 2 aliphatic heterocycles. The van der Waals surface area contributed by atoms with Crippen molar-refractivity contribution in [1.82, 2.24) is 4.90 Å². The molecule has 160 valence electrons. The molecule has 3 rings (SSSR count). The first-order valence-electron chi connectivity index (χ1n) is 11.2. The van der Waals surface area contributed by atoms with Crippen LogP contribution >= 0.6 is 0 Å². The Kier molecular flexibility index (Phi) is 5.88. The zero-order valence-electron chi connectivity index (χ0n) is 19.1. The summed E-state index contributed by atoms with van der Waals surface area (Å²) in [6, 6.07) is 0. The Balaban J connectivity index is 1.76. The zero-order valence-corrected chi connectivity index (χ0v) is 19.1. The second kappa shape index (κ2) is 7.50. The number of carbonyl (C=O) groups excluding carboxylic acids is 1. The van der Waals surface area contributed by atoms with Crippen LogP contribution in [0, 0.1) is 11.3 Å². The lowest BCUT2D eigenvalue weighted by Gasteiger charge is -2.40. The van der Waals surface area contributed by atoms with Gasteiger partial charge in [0.25, 0.3) is 0 Å². The summed E-state index contributed by atoms with van der Waals surface area (Å²) in [4.78, 5) is 14.6. The van der Waals surface area contributed by atoms with E-state index in [4.69, 9.17) is 14.0 Å². The van der Waals surface area contributed by atoms with E-state index in [0.717, 1.165) is 25.8 Å². The third-order valence-corrected chi connectivity index (χ3v) is 7.38. The summed E-state index contributed by atoms with van der Waals surface area (Å²) in [6.07, 6.45) is 8.12. The number of likely N-dealkylation sites (tertiary alicyclic amines) is 1. The number of nitrogens with zero attached hydrogens (tertiary/aromatic N) is 1. The van der Waals surface area contributed by atoms with Crippen LogP contribution in [0.25, 0.3) is 0 Å². The summed E-state index contributed by atoms with van der Waals surface area (Å²) in [5.41, 5.74) is -1.01. The molecule has 6 heteroatoms. The average Bonchev–Trinajstić information content (AvgIpc) is 3.06. The molecular formula is C22H40BNO4. The van der Waals surface area contributed by atoms with Crippen molar-refractivity contribution in [3.63, 3.8) is 0 Å². The minimum absolute atomic E-state index is 0.0679. The molecule has 0 spiro atoms. The second-order valence-electron chi connectivity index (χ2n) is 11.2. The normalized spacial score (nSPS) is 30.7. The average molecular weight is 393 g/mol. The van der Waals surface area contributed by atoms with E-state index in [2.05, 4.69) is 27.7 Å². The van der Waals surface area contributed by atoms with Crippen LogP contribution in [0.3, 0.4) is 0 Å². The van der Waals surface area contributed by atoms with Crippen molar-refractivity contribution in [1.29, 1.82) is 0 Å². The standard InChI is InChI=1S/C22H40BNO4/c1-19(2,3)26-18(25)24-14-13-22(16-24,17-11-9-8-10-12-17)15-23-27-20(4,5)21(6,7)28-23/h17H,8-16H2,1-7H3. The van der Waals surface area contributed by atoms with E-state index in [1.54, 1.807) is 0 Å². The molecule has 0 aromatic heterocycles. The third-order valence-electron chi connectivity index (χ3n) is 7.38. The van der Waals surface area contributed by atoms with Gasteiger partial charge in [-0.3, -0.25) is 0 Å². The molecule has 0 aromatic rings. The van der Waals surface area contributed by atoms with Crippen LogP contribution in [-0.4, -0.2) is 48.0 Å². The lowest BCUT2D eigenvalue weighted by atomic mass is 9.58. The first-order chi connectivity index (χ1) is 12.8. The van der Waals surface area contributed by atoms with Crippen molar-refractivity contribution in [2.24, 2.45) is 11.3 Å². The molecule has 1 saturated carbocycles. The number of hydrogen-bond donors (Lipinski definition) is 0. The van der Waals surface area contributed by atoms with Gasteiger partial charge in [0.15, 0.2) is 0 Å². The van der Waals surface area contributed by atoms with Gasteiger partial charge in [-0.15, -0.1) is 0 Å². The van der Waals surface area contributed by atoms with Crippen molar-refractivity contribution in [3.8, 4) is 0 Å². The summed E-state index contributed by atoms with van der Waals surface area (Å²) in [5, 5.41) is 0. The van der Waals surface area contributed by atoms with Crippen LogP contribution in [0.5, 0.6) is 0 Å². The number of amides is 1. The van der Waals surface area contributed by atoms with E-state index in [1.807, 2.05) is 25.7 Å². The number of carbonyl (C=O) groups is 1. The van der Waals surface area contributed by atoms with Crippen LogP contribution in [-0.2, 0) is 14.0 Å². The van der Waals surface area contributed by atoms with Crippen molar-refractivity contribution >= 4 is 13.2 Å². The Bertz CT molecular complexity index is 564. The minimum Gasteiger partial charge on any atom is -0.444 e. The molecule has 0 aromatic carbocycles. The fourth-order valence-corrected chi connectivity index (χ4v) is 5.14. The zero-order chi connectivity index (χ0) is 20.8. The Morgan fingerprint density at radius 1 is 1.07 bits per heavy atom. The molecular weight excluding hydrogens is 353 g/mol. The fraction of sp³-hybridized carbons (Fsp3) is 0.955. The maximum Gasteiger partial charge on any atom is 0.458 e. The Morgan fingerprint density at radius 3 is 2.18 bits per heavy atom. The van der Waals surface area contributed by atoms with Crippen LogP contribution in [0.4, 0.5) is 4.79 Å². The van der Waals surface area contributed by atoms with Crippen LogP contribution in [0.15, 0.2) is 0 Å². The molecule has 5 nitrogen and oxygen atoms in total. The number of rotatable bonds is 3. The van der Waals surface area contributed by atoms with Gasteiger partial charge in [0.2, 0.25) is 0 Å². The number of hydrogen-bond acceptors (Lipinski definition) is 4. The van der Waals surface area contributed by atoms with Gasteiger partial charge in [-0.1, -0.05) is 19.3 Å². The lowest BCUT2D eigenvalue weighted by molar-refractivity contribution is 0.00578. The Labute approximate surface area is 172 Å². The minimum atomic E-state index is -0.459. The summed E-state index contributed by atoms with van der Waals surface area (Å²) in [7, 11) is -0.203. The molecule has 3 fully saturated rings. The van der Waals surface area contributed by atoms with Gasteiger partial charge in [-0.05, 0) is 85.4 Å². The largest absolute Gasteiger partial charge is 0.458 e. The van der Waals surface area contributed by atoms with Gasteiger partial charge < -0.3 is 18.9 Å². The molecule has 0 bridgehead atoms. The molecule has 1 unspecified atom stereocenters. The summed E-state index contributed by atoms with van der Waals surface area (Å²) < 4.78 is 18.4. The lowest BCUT2D eigenvalue weighted by Crippen LogP contribution is -2.42. The van der Waals surface area contributed by atoms with Crippen molar-refractivity contribution in [2.75, 3.05) is 13.1 Å². The monoisotopic (exact) mass is 393 g/mol. The summed E-state index contributed by atoms with van der Waals surface area (Å²) in [6.45, 7) is 15.8. The van der Waals surface area contributed by atoms with E-state index in [1.165, 1.54) is 32.1 Å². The molecule has 1 amide bonds. The van der Waals surface area contributed by atoms with E-state index < -0.39 is 5.60 Å². The highest BCUT2D eigenvalue weighted by Gasteiger charge is 2.56. The number of ether oxygens (including phenoxy) is 1. The predicted molar refractivity (Wildman–Crippen MR) is 112 cm³/mol. The molecule has 2 heterocycles. The maximum atomic E-state index is 12.7.